The van der Waals surface area contributed by atoms with E-state index in [2.05, 4.69) is 0 Å². The highest BCUT2D eigenvalue weighted by atomic mass is 32.2. The van der Waals surface area contributed by atoms with Crippen molar-refractivity contribution in [3.05, 3.63) is 23.3 Å². The van der Waals surface area contributed by atoms with E-state index in [9.17, 15) is 18.3 Å². The van der Waals surface area contributed by atoms with Gasteiger partial charge in [-0.1, -0.05) is 0 Å². The van der Waals surface area contributed by atoms with E-state index >= 15 is 0 Å². The monoisotopic (exact) mass is 327 g/mol. The largest absolute Gasteiger partial charge is 0.497 e. The van der Waals surface area contributed by atoms with Crippen molar-refractivity contribution in [1.29, 1.82) is 0 Å². The summed E-state index contributed by atoms with van der Waals surface area (Å²) in [5.41, 5.74) is 1.12. The molecule has 0 unspecified atom stereocenters. The van der Waals surface area contributed by atoms with Crippen LogP contribution < -0.4 is 4.74 Å². The Balaban J connectivity index is 2.52. The Morgan fingerprint density at radius 3 is 2.36 bits per heavy atom. The van der Waals surface area contributed by atoms with E-state index in [1.54, 1.807) is 26.0 Å². The number of aliphatic carboxylic acids is 1. The number of methoxy groups -OCH3 is 1. The van der Waals surface area contributed by atoms with Gasteiger partial charge in [0.2, 0.25) is 10.0 Å². The first-order valence-electron chi connectivity index (χ1n) is 7.19. The van der Waals surface area contributed by atoms with E-state index in [0.717, 1.165) is 10.7 Å². The number of rotatable bonds is 4. The molecule has 1 saturated heterocycles. The van der Waals surface area contributed by atoms with Gasteiger partial charge in [0.1, 0.15) is 11.8 Å². The first-order valence-corrected chi connectivity index (χ1v) is 8.63. The zero-order chi connectivity index (χ0) is 16.5. The molecule has 1 aromatic carbocycles. The van der Waals surface area contributed by atoms with E-state index < -0.39 is 22.0 Å². The summed E-state index contributed by atoms with van der Waals surface area (Å²) in [6.07, 6.45) is 1.75. The summed E-state index contributed by atoms with van der Waals surface area (Å²) in [7, 11) is -2.32. The number of piperidine rings is 1. The van der Waals surface area contributed by atoms with Gasteiger partial charge in [-0.3, -0.25) is 4.79 Å². The molecule has 6 nitrogen and oxygen atoms in total. The molecule has 1 aromatic rings. The molecular weight excluding hydrogens is 306 g/mol. The predicted molar refractivity (Wildman–Crippen MR) is 81.6 cm³/mol. The van der Waals surface area contributed by atoms with Crippen LogP contribution in [-0.2, 0) is 14.8 Å². The fraction of sp³-hybridized carbons (Fsp3) is 0.533. The number of sulfonamides is 1. The predicted octanol–water partition coefficient (Wildman–Crippen LogP) is 1.94. The molecule has 1 aliphatic heterocycles. The van der Waals surface area contributed by atoms with Gasteiger partial charge in [0, 0.05) is 6.54 Å². The number of hydrogen-bond donors (Lipinski definition) is 1. The number of aryl methyl sites for hydroxylation is 2. The number of nitrogens with zero attached hydrogens (tertiary/aromatic N) is 1. The van der Waals surface area contributed by atoms with Gasteiger partial charge in [0.25, 0.3) is 0 Å². The average molecular weight is 327 g/mol. The first-order chi connectivity index (χ1) is 10.3. The van der Waals surface area contributed by atoms with Gasteiger partial charge >= 0.3 is 5.97 Å². The number of carbonyl (C=O) groups is 1. The second kappa shape index (κ2) is 6.26. The van der Waals surface area contributed by atoms with Crippen molar-refractivity contribution in [1.82, 2.24) is 4.31 Å². The number of hydrogen-bond acceptors (Lipinski definition) is 4. The Hall–Kier alpha value is -1.60. The van der Waals surface area contributed by atoms with Crippen LogP contribution in [0.1, 0.15) is 30.4 Å². The summed E-state index contributed by atoms with van der Waals surface area (Å²) in [5.74, 6) is -0.505. The first kappa shape index (κ1) is 16.8. The van der Waals surface area contributed by atoms with Crippen molar-refractivity contribution in [3.63, 3.8) is 0 Å². The van der Waals surface area contributed by atoms with Gasteiger partial charge in [0.05, 0.1) is 12.0 Å². The van der Waals surface area contributed by atoms with Crippen LogP contribution in [0.2, 0.25) is 0 Å². The van der Waals surface area contributed by atoms with Crippen molar-refractivity contribution < 1.29 is 23.1 Å². The molecule has 7 heteroatoms. The van der Waals surface area contributed by atoms with Gasteiger partial charge in [-0.05, 0) is 56.4 Å². The van der Waals surface area contributed by atoms with Gasteiger partial charge in [-0.25, -0.2) is 8.42 Å². The molecule has 0 aromatic heterocycles. The van der Waals surface area contributed by atoms with E-state index in [0.29, 0.717) is 29.7 Å². The van der Waals surface area contributed by atoms with E-state index in [-0.39, 0.29) is 11.4 Å². The molecule has 1 N–H and O–H groups in total. The molecule has 2 rings (SSSR count). The van der Waals surface area contributed by atoms with Crippen LogP contribution in [0.3, 0.4) is 0 Å². The average Bonchev–Trinajstić information content (AvgIpc) is 2.46. The van der Waals surface area contributed by atoms with Crippen LogP contribution in [0, 0.1) is 13.8 Å². The van der Waals surface area contributed by atoms with Crippen LogP contribution >= 0.6 is 0 Å². The van der Waals surface area contributed by atoms with Crippen molar-refractivity contribution in [2.24, 2.45) is 0 Å². The number of carboxylic acid groups (broad SMARTS) is 1. The van der Waals surface area contributed by atoms with Crippen molar-refractivity contribution >= 4 is 16.0 Å². The number of benzene rings is 1. The van der Waals surface area contributed by atoms with Crippen molar-refractivity contribution in [2.45, 2.75) is 44.0 Å². The second-order valence-electron chi connectivity index (χ2n) is 5.56. The lowest BCUT2D eigenvalue weighted by atomic mass is 10.1. The van der Waals surface area contributed by atoms with Crippen molar-refractivity contribution in [3.8, 4) is 5.75 Å². The summed E-state index contributed by atoms with van der Waals surface area (Å²) < 4.78 is 32.2. The highest BCUT2D eigenvalue weighted by molar-refractivity contribution is 7.89. The maximum absolute atomic E-state index is 13.0. The van der Waals surface area contributed by atoms with E-state index in [1.807, 2.05) is 0 Å². The summed E-state index contributed by atoms with van der Waals surface area (Å²) in [5, 5.41) is 9.31. The molecule has 1 atom stereocenters. The highest BCUT2D eigenvalue weighted by Gasteiger charge is 2.38. The lowest BCUT2D eigenvalue weighted by Crippen LogP contribution is -2.48. The molecule has 0 bridgehead atoms. The molecule has 22 heavy (non-hydrogen) atoms. The van der Waals surface area contributed by atoms with Crippen LogP contribution in [0.15, 0.2) is 17.0 Å². The number of carboxylic acids is 1. The summed E-state index contributed by atoms with van der Waals surface area (Å²) in [6.45, 7) is 3.63. The van der Waals surface area contributed by atoms with Crippen molar-refractivity contribution in [2.75, 3.05) is 13.7 Å². The fourth-order valence-electron chi connectivity index (χ4n) is 2.99. The fourth-order valence-corrected chi connectivity index (χ4v) is 5.06. The Labute approximate surface area is 130 Å². The minimum Gasteiger partial charge on any atom is -0.497 e. The van der Waals surface area contributed by atoms with E-state index in [1.165, 1.54) is 7.11 Å². The third-order valence-electron chi connectivity index (χ3n) is 3.97. The molecule has 0 amide bonds. The molecule has 1 heterocycles. The molecule has 0 aliphatic carbocycles. The summed E-state index contributed by atoms with van der Waals surface area (Å²) >= 11 is 0. The third kappa shape index (κ3) is 2.96. The van der Waals surface area contributed by atoms with Gasteiger partial charge in [0.15, 0.2) is 0 Å². The number of ether oxygens (including phenoxy) is 1. The Kier molecular flexibility index (Phi) is 4.77. The Morgan fingerprint density at radius 2 is 1.86 bits per heavy atom. The van der Waals surface area contributed by atoms with Gasteiger partial charge in [-0.15, -0.1) is 0 Å². The normalized spacial score (nSPS) is 19.9. The topological polar surface area (TPSA) is 83.9 Å². The van der Waals surface area contributed by atoms with E-state index in [4.69, 9.17) is 4.74 Å². The molecule has 0 spiro atoms. The second-order valence-corrected chi connectivity index (χ2v) is 7.38. The standard InChI is InChI=1S/C15H21NO5S/c1-10-8-12(21-3)9-11(2)14(10)22(19,20)16-7-5-4-6-13(16)15(17)18/h8-9,13H,4-7H2,1-3H3,(H,17,18)/t13-/m0/s1. The van der Waals surface area contributed by atoms with Crippen LogP contribution in [0.4, 0.5) is 0 Å². The maximum atomic E-state index is 13.0. The molecule has 0 radical (unpaired) electrons. The lowest BCUT2D eigenvalue weighted by molar-refractivity contribution is -0.142. The minimum atomic E-state index is -3.85. The zero-order valence-corrected chi connectivity index (χ0v) is 13.8. The molecule has 1 fully saturated rings. The maximum Gasteiger partial charge on any atom is 0.322 e. The Bertz CT molecular complexity index is 660. The van der Waals surface area contributed by atoms with Crippen LogP contribution in [0.5, 0.6) is 5.75 Å². The lowest BCUT2D eigenvalue weighted by Gasteiger charge is -2.32. The zero-order valence-electron chi connectivity index (χ0n) is 13.0. The SMILES string of the molecule is COc1cc(C)c(S(=O)(=O)N2CCCC[C@H]2C(=O)O)c(C)c1. The smallest absolute Gasteiger partial charge is 0.322 e. The van der Waals surface area contributed by atoms with Crippen LogP contribution in [0.25, 0.3) is 0 Å². The molecule has 0 saturated carbocycles. The summed E-state index contributed by atoms with van der Waals surface area (Å²) in [6, 6.07) is 2.32. The Morgan fingerprint density at radius 1 is 1.27 bits per heavy atom. The third-order valence-corrected chi connectivity index (χ3v) is 6.19. The minimum absolute atomic E-state index is 0.182. The molecular formula is C15H21NO5S. The van der Waals surface area contributed by atoms with Gasteiger partial charge < -0.3 is 9.84 Å². The quantitative estimate of drug-likeness (QED) is 0.913. The van der Waals surface area contributed by atoms with Gasteiger partial charge in [-0.2, -0.15) is 4.31 Å². The van der Waals surface area contributed by atoms with Crippen LogP contribution in [-0.4, -0.2) is 43.5 Å². The molecule has 1 aliphatic rings. The molecule has 122 valence electrons. The summed E-state index contributed by atoms with van der Waals surface area (Å²) in [4.78, 5) is 11.6. The highest BCUT2D eigenvalue weighted by Crippen LogP contribution is 2.31.